The lowest BCUT2D eigenvalue weighted by Crippen LogP contribution is -2.15. The van der Waals surface area contributed by atoms with Crippen molar-refractivity contribution in [3.63, 3.8) is 0 Å². The lowest BCUT2D eigenvalue weighted by Gasteiger charge is -2.13. The van der Waals surface area contributed by atoms with E-state index >= 15 is 0 Å². The number of aliphatic hydroxyl groups is 2. The van der Waals surface area contributed by atoms with Crippen molar-refractivity contribution in [2.75, 3.05) is 63.4 Å². The van der Waals surface area contributed by atoms with E-state index in [1.54, 1.807) is 0 Å². The van der Waals surface area contributed by atoms with Crippen LogP contribution in [0.4, 0.5) is 17.1 Å². The summed E-state index contributed by atoms with van der Waals surface area (Å²) in [5.74, 6) is 0. The fraction of sp³-hybridized carbons (Fsp3) is 0.571. The highest BCUT2D eigenvalue weighted by Gasteiger charge is 2.21. The molecule has 0 aromatic heterocycles. The van der Waals surface area contributed by atoms with Crippen LogP contribution in [0.3, 0.4) is 0 Å². The summed E-state index contributed by atoms with van der Waals surface area (Å²) in [5.41, 5.74) is 0.432. The first-order valence-electron chi connectivity index (χ1n) is 7.43. The fourth-order valence-corrected chi connectivity index (χ4v) is 2.13. The molecule has 1 aromatic rings. The van der Waals surface area contributed by atoms with Crippen molar-refractivity contribution in [3.05, 3.63) is 27.3 Å². The van der Waals surface area contributed by atoms with Gasteiger partial charge in [-0.3, -0.25) is 10.1 Å². The topological polar surface area (TPSA) is 126 Å². The average Bonchev–Trinajstić information content (AvgIpc) is 2.53. The number of nitro benzene ring substituents is 1. The van der Waals surface area contributed by atoms with Crippen molar-refractivity contribution in [1.29, 1.82) is 0 Å². The van der Waals surface area contributed by atoms with Gasteiger partial charge in [-0.15, -0.1) is 0 Å². The zero-order valence-electron chi connectivity index (χ0n) is 13.2. The number of nitro groups is 1. The van der Waals surface area contributed by atoms with Crippen LogP contribution in [0, 0.1) is 10.1 Å². The molecule has 0 saturated carbocycles. The van der Waals surface area contributed by atoms with Gasteiger partial charge < -0.3 is 30.3 Å². The summed E-state index contributed by atoms with van der Waals surface area (Å²) >= 11 is 6.02. The summed E-state index contributed by atoms with van der Waals surface area (Å²) in [7, 11) is 0. The highest BCUT2D eigenvalue weighted by atomic mass is 35.5. The maximum absolute atomic E-state index is 11.4. The maximum Gasteiger partial charge on any atom is 0.315 e. The summed E-state index contributed by atoms with van der Waals surface area (Å²) in [6.07, 6.45) is 0. The molecule has 0 amide bonds. The van der Waals surface area contributed by atoms with E-state index in [4.69, 9.17) is 31.3 Å². The minimum Gasteiger partial charge on any atom is -0.394 e. The Morgan fingerprint density at radius 3 is 1.83 bits per heavy atom. The molecular weight excluding hydrogens is 342 g/mol. The van der Waals surface area contributed by atoms with Crippen molar-refractivity contribution in [3.8, 4) is 0 Å². The third-order valence-electron chi connectivity index (χ3n) is 2.85. The van der Waals surface area contributed by atoms with Gasteiger partial charge in [0.15, 0.2) is 0 Å². The van der Waals surface area contributed by atoms with Crippen LogP contribution >= 0.6 is 11.6 Å². The van der Waals surface area contributed by atoms with E-state index in [1.807, 2.05) is 0 Å². The van der Waals surface area contributed by atoms with Crippen molar-refractivity contribution >= 4 is 28.7 Å². The van der Waals surface area contributed by atoms with Gasteiger partial charge in [-0.25, -0.2) is 0 Å². The van der Waals surface area contributed by atoms with Crippen LogP contribution in [0.1, 0.15) is 0 Å². The number of nitrogens with zero attached hydrogens (tertiary/aromatic N) is 1. The minimum atomic E-state index is -0.496. The van der Waals surface area contributed by atoms with Crippen LogP contribution in [0.5, 0.6) is 0 Å². The second kappa shape index (κ2) is 11.8. The molecule has 0 fully saturated rings. The molecule has 0 aliphatic carbocycles. The second-order valence-electron chi connectivity index (χ2n) is 4.63. The van der Waals surface area contributed by atoms with E-state index in [0.717, 1.165) is 0 Å². The summed E-state index contributed by atoms with van der Waals surface area (Å²) in [6, 6.07) is 2.94. The van der Waals surface area contributed by atoms with Crippen LogP contribution in [0.25, 0.3) is 0 Å². The third-order valence-corrected chi connectivity index (χ3v) is 3.07. The van der Waals surface area contributed by atoms with Crippen molar-refractivity contribution in [2.45, 2.75) is 0 Å². The van der Waals surface area contributed by atoms with Gasteiger partial charge >= 0.3 is 5.69 Å². The third kappa shape index (κ3) is 7.28. The summed E-state index contributed by atoms with van der Waals surface area (Å²) in [6.45, 7) is 1.51. The monoisotopic (exact) mass is 363 g/mol. The zero-order valence-corrected chi connectivity index (χ0v) is 13.9. The second-order valence-corrected chi connectivity index (χ2v) is 5.07. The van der Waals surface area contributed by atoms with Crippen molar-refractivity contribution in [1.82, 2.24) is 0 Å². The zero-order chi connectivity index (χ0) is 17.8. The maximum atomic E-state index is 11.4. The molecule has 0 atom stereocenters. The molecule has 1 rings (SSSR count). The number of halogens is 1. The highest BCUT2D eigenvalue weighted by Crippen LogP contribution is 2.36. The fourth-order valence-electron chi connectivity index (χ4n) is 1.91. The molecule has 0 spiro atoms. The van der Waals surface area contributed by atoms with E-state index in [-0.39, 0.29) is 43.5 Å². The predicted octanol–water partition coefficient (Wildman–Crippen LogP) is 1.09. The first kappa shape index (κ1) is 20.4. The smallest absolute Gasteiger partial charge is 0.315 e. The van der Waals surface area contributed by atoms with E-state index < -0.39 is 4.92 Å². The van der Waals surface area contributed by atoms with Crippen LogP contribution in [-0.2, 0) is 9.47 Å². The number of ether oxygens (including phenoxy) is 2. The van der Waals surface area contributed by atoms with E-state index in [1.165, 1.54) is 12.1 Å². The van der Waals surface area contributed by atoms with Crippen LogP contribution in [0.15, 0.2) is 12.1 Å². The molecule has 0 saturated heterocycles. The molecule has 0 heterocycles. The number of hydrogen-bond donors (Lipinski definition) is 4. The predicted molar refractivity (Wildman–Crippen MR) is 90.9 cm³/mol. The van der Waals surface area contributed by atoms with Crippen molar-refractivity contribution < 1.29 is 24.6 Å². The standard InChI is InChI=1S/C14H22ClN3O6/c15-11-9-12(16-1-5-23-7-3-19)14(18(21)22)13(10-11)17-2-6-24-8-4-20/h9-10,16-17,19-20H,1-8H2. The SMILES string of the molecule is O=[N+]([O-])c1c(NCCOCCO)cc(Cl)cc1NCCOCCO. The van der Waals surface area contributed by atoms with Gasteiger partial charge in [0.2, 0.25) is 0 Å². The molecule has 4 N–H and O–H groups in total. The van der Waals surface area contributed by atoms with Crippen LogP contribution in [-0.4, -0.2) is 67.9 Å². The molecule has 24 heavy (non-hydrogen) atoms. The molecular formula is C14H22ClN3O6. The number of nitrogens with one attached hydrogen (secondary N) is 2. The number of aliphatic hydroxyl groups excluding tert-OH is 2. The van der Waals surface area contributed by atoms with Gasteiger partial charge in [0.1, 0.15) is 11.4 Å². The number of hydrogen-bond acceptors (Lipinski definition) is 8. The van der Waals surface area contributed by atoms with Crippen LogP contribution < -0.4 is 10.6 Å². The first-order chi connectivity index (χ1) is 11.6. The Morgan fingerprint density at radius 2 is 1.46 bits per heavy atom. The Balaban J connectivity index is 2.73. The highest BCUT2D eigenvalue weighted by molar-refractivity contribution is 6.31. The number of rotatable bonds is 13. The molecule has 0 aliphatic rings. The lowest BCUT2D eigenvalue weighted by atomic mass is 10.2. The molecule has 0 radical (unpaired) electrons. The molecule has 1 aromatic carbocycles. The van der Waals surface area contributed by atoms with E-state index in [0.29, 0.717) is 31.3 Å². The Morgan fingerprint density at radius 1 is 1.00 bits per heavy atom. The van der Waals surface area contributed by atoms with E-state index in [9.17, 15) is 10.1 Å². The number of anilines is 2. The molecule has 0 aliphatic heterocycles. The van der Waals surface area contributed by atoms with Gasteiger partial charge in [-0.05, 0) is 12.1 Å². The summed E-state index contributed by atoms with van der Waals surface area (Å²) in [4.78, 5) is 10.9. The van der Waals surface area contributed by atoms with Gasteiger partial charge in [0, 0.05) is 18.1 Å². The Kier molecular flexibility index (Phi) is 10.0. The number of benzene rings is 1. The normalized spacial score (nSPS) is 10.6. The molecule has 9 nitrogen and oxygen atoms in total. The van der Waals surface area contributed by atoms with Gasteiger partial charge in [0.05, 0.1) is 44.6 Å². The summed E-state index contributed by atoms with van der Waals surface area (Å²) < 4.78 is 10.2. The first-order valence-corrected chi connectivity index (χ1v) is 7.80. The minimum absolute atomic E-state index is 0.0796. The molecule has 0 bridgehead atoms. The van der Waals surface area contributed by atoms with Gasteiger partial charge in [-0.2, -0.15) is 0 Å². The van der Waals surface area contributed by atoms with E-state index in [2.05, 4.69) is 10.6 Å². The summed E-state index contributed by atoms with van der Waals surface area (Å²) in [5, 5.41) is 34.8. The molecule has 136 valence electrons. The lowest BCUT2D eigenvalue weighted by molar-refractivity contribution is -0.383. The Bertz CT molecular complexity index is 482. The van der Waals surface area contributed by atoms with Crippen LogP contribution in [0.2, 0.25) is 5.02 Å². The largest absolute Gasteiger partial charge is 0.394 e. The quantitative estimate of drug-likeness (QED) is 0.233. The Hall–Kier alpha value is -1.65. The van der Waals surface area contributed by atoms with Gasteiger partial charge in [-0.1, -0.05) is 11.6 Å². The molecule has 0 unspecified atom stereocenters. The Labute approximate surface area is 144 Å². The van der Waals surface area contributed by atoms with Crippen molar-refractivity contribution in [2.24, 2.45) is 0 Å². The average molecular weight is 364 g/mol. The molecule has 10 heteroatoms. The van der Waals surface area contributed by atoms with Gasteiger partial charge in [0.25, 0.3) is 0 Å².